The van der Waals surface area contributed by atoms with Crippen molar-refractivity contribution in [2.75, 3.05) is 36.9 Å². The van der Waals surface area contributed by atoms with Crippen molar-refractivity contribution < 1.29 is 14.3 Å². The van der Waals surface area contributed by atoms with Gasteiger partial charge in [0.25, 0.3) is 5.91 Å². The second-order valence-corrected chi connectivity index (χ2v) is 7.43. The molecule has 1 aliphatic rings. The molecule has 0 radical (unpaired) electrons. The monoisotopic (exact) mass is 395 g/mol. The number of carbonyl (C=O) groups excluding carboxylic acids is 2. The molecule has 1 unspecified atom stereocenters. The minimum atomic E-state index is -0.181. The number of hydrogen-bond donors (Lipinski definition) is 2. The lowest BCUT2D eigenvalue weighted by Crippen LogP contribution is -2.41. The lowest BCUT2D eigenvalue weighted by molar-refractivity contribution is -0.130. The number of benzene rings is 2. The van der Waals surface area contributed by atoms with E-state index in [0.29, 0.717) is 23.8 Å². The largest absolute Gasteiger partial charge is 0.494 e. The number of nitrogens with zero attached hydrogens (tertiary/aromatic N) is 1. The van der Waals surface area contributed by atoms with Gasteiger partial charge in [-0.05, 0) is 74.2 Å². The Hall–Kier alpha value is -3.02. The topological polar surface area (TPSA) is 70.7 Å². The molecule has 0 spiro atoms. The molecule has 3 rings (SSSR count). The zero-order chi connectivity index (χ0) is 20.6. The number of amides is 2. The van der Waals surface area contributed by atoms with Crippen molar-refractivity contribution in [1.82, 2.24) is 4.90 Å². The van der Waals surface area contributed by atoms with Crippen LogP contribution in [0.5, 0.6) is 5.75 Å². The first-order chi connectivity index (χ1) is 14.0. The van der Waals surface area contributed by atoms with Crippen molar-refractivity contribution in [3.63, 3.8) is 0 Å². The van der Waals surface area contributed by atoms with Crippen molar-refractivity contribution in [3.8, 4) is 5.75 Å². The number of hydrogen-bond acceptors (Lipinski definition) is 4. The first-order valence-electron chi connectivity index (χ1n) is 10.2. The fourth-order valence-corrected chi connectivity index (χ4v) is 3.45. The van der Waals surface area contributed by atoms with Gasteiger partial charge < -0.3 is 20.3 Å². The molecular weight excluding hydrogens is 366 g/mol. The predicted octanol–water partition coefficient (Wildman–Crippen LogP) is 4.01. The van der Waals surface area contributed by atoms with E-state index in [2.05, 4.69) is 17.6 Å². The van der Waals surface area contributed by atoms with Crippen LogP contribution in [-0.2, 0) is 4.79 Å². The zero-order valence-electron chi connectivity index (χ0n) is 17.1. The second kappa shape index (κ2) is 9.96. The van der Waals surface area contributed by atoms with Crippen LogP contribution < -0.4 is 15.4 Å². The van der Waals surface area contributed by atoms with Gasteiger partial charge in [0.2, 0.25) is 5.91 Å². The Morgan fingerprint density at radius 1 is 1.07 bits per heavy atom. The van der Waals surface area contributed by atoms with Crippen LogP contribution in [0.4, 0.5) is 11.4 Å². The number of ether oxygens (including phenoxy) is 1. The molecule has 1 atom stereocenters. The Kier molecular flexibility index (Phi) is 7.11. The molecule has 1 heterocycles. The van der Waals surface area contributed by atoms with Crippen LogP contribution in [0.15, 0.2) is 48.5 Å². The van der Waals surface area contributed by atoms with Crippen molar-refractivity contribution in [2.24, 2.45) is 5.92 Å². The second-order valence-electron chi connectivity index (χ2n) is 7.43. The Morgan fingerprint density at radius 2 is 1.76 bits per heavy atom. The van der Waals surface area contributed by atoms with Crippen LogP contribution >= 0.6 is 0 Å². The molecule has 0 aliphatic carbocycles. The van der Waals surface area contributed by atoms with Gasteiger partial charge in [-0.1, -0.05) is 6.92 Å². The summed E-state index contributed by atoms with van der Waals surface area (Å²) in [6.45, 7) is 6.67. The van der Waals surface area contributed by atoms with Gasteiger partial charge in [-0.3, -0.25) is 9.59 Å². The van der Waals surface area contributed by atoms with Gasteiger partial charge in [0.1, 0.15) is 5.75 Å². The third kappa shape index (κ3) is 5.98. The maximum absolute atomic E-state index is 12.4. The number of likely N-dealkylation sites (tertiary alicyclic amines) is 1. The lowest BCUT2D eigenvalue weighted by Gasteiger charge is -2.31. The van der Waals surface area contributed by atoms with E-state index in [-0.39, 0.29) is 18.4 Å². The predicted molar refractivity (Wildman–Crippen MR) is 115 cm³/mol. The summed E-state index contributed by atoms with van der Waals surface area (Å²) in [5.41, 5.74) is 2.09. The number of carbonyl (C=O) groups is 2. The highest BCUT2D eigenvalue weighted by Gasteiger charge is 2.20. The van der Waals surface area contributed by atoms with Gasteiger partial charge in [-0.25, -0.2) is 0 Å². The first kappa shape index (κ1) is 20.7. The number of anilines is 2. The van der Waals surface area contributed by atoms with E-state index in [1.54, 1.807) is 12.1 Å². The SMILES string of the molecule is CCOc1ccc(NC(=O)c2ccc(NCC(=O)N3CCCC(C)C3)cc2)cc1. The minimum Gasteiger partial charge on any atom is -0.494 e. The zero-order valence-corrected chi connectivity index (χ0v) is 17.1. The molecule has 0 aromatic heterocycles. The smallest absolute Gasteiger partial charge is 0.255 e. The van der Waals surface area contributed by atoms with Crippen LogP contribution in [-0.4, -0.2) is 43.0 Å². The Balaban J connectivity index is 1.50. The fraction of sp³-hybridized carbons (Fsp3) is 0.391. The third-order valence-electron chi connectivity index (χ3n) is 5.02. The summed E-state index contributed by atoms with van der Waals surface area (Å²) in [6.07, 6.45) is 2.27. The van der Waals surface area contributed by atoms with Gasteiger partial charge in [-0.15, -0.1) is 0 Å². The highest BCUT2D eigenvalue weighted by atomic mass is 16.5. The summed E-state index contributed by atoms with van der Waals surface area (Å²) < 4.78 is 5.40. The van der Waals surface area contributed by atoms with Crippen LogP contribution in [0.25, 0.3) is 0 Å². The first-order valence-corrected chi connectivity index (χ1v) is 10.2. The van der Waals surface area contributed by atoms with Crippen LogP contribution in [0, 0.1) is 5.92 Å². The summed E-state index contributed by atoms with van der Waals surface area (Å²) in [4.78, 5) is 26.7. The minimum absolute atomic E-state index is 0.119. The summed E-state index contributed by atoms with van der Waals surface area (Å²) in [5, 5.41) is 6.02. The molecule has 2 aromatic carbocycles. The molecule has 6 nitrogen and oxygen atoms in total. The van der Waals surface area contributed by atoms with E-state index in [4.69, 9.17) is 4.74 Å². The van der Waals surface area contributed by atoms with Crippen molar-refractivity contribution in [3.05, 3.63) is 54.1 Å². The average molecular weight is 396 g/mol. The number of piperidine rings is 1. The van der Waals surface area contributed by atoms with Crippen molar-refractivity contribution >= 4 is 23.2 Å². The van der Waals surface area contributed by atoms with E-state index in [9.17, 15) is 9.59 Å². The van der Waals surface area contributed by atoms with E-state index >= 15 is 0 Å². The maximum Gasteiger partial charge on any atom is 0.255 e. The Morgan fingerprint density at radius 3 is 2.41 bits per heavy atom. The Labute approximate surface area is 172 Å². The van der Waals surface area contributed by atoms with E-state index < -0.39 is 0 Å². The number of rotatable bonds is 7. The third-order valence-corrected chi connectivity index (χ3v) is 5.02. The summed E-state index contributed by atoms with van der Waals surface area (Å²) >= 11 is 0. The van der Waals surface area contributed by atoms with Crippen molar-refractivity contribution in [2.45, 2.75) is 26.7 Å². The van der Waals surface area contributed by atoms with Crippen LogP contribution in [0.3, 0.4) is 0 Å². The van der Waals surface area contributed by atoms with Gasteiger partial charge in [-0.2, -0.15) is 0 Å². The van der Waals surface area contributed by atoms with Crippen molar-refractivity contribution in [1.29, 1.82) is 0 Å². The molecule has 154 valence electrons. The fourth-order valence-electron chi connectivity index (χ4n) is 3.45. The molecule has 0 saturated carbocycles. The molecule has 1 fully saturated rings. The van der Waals surface area contributed by atoms with E-state index in [1.165, 1.54) is 6.42 Å². The molecule has 29 heavy (non-hydrogen) atoms. The van der Waals surface area contributed by atoms with Gasteiger partial charge in [0.15, 0.2) is 0 Å². The average Bonchev–Trinajstić information content (AvgIpc) is 2.74. The maximum atomic E-state index is 12.4. The summed E-state index contributed by atoms with van der Waals surface area (Å²) in [5.74, 6) is 1.28. The van der Waals surface area contributed by atoms with E-state index in [1.807, 2.05) is 48.2 Å². The normalized spacial score (nSPS) is 16.2. The number of nitrogens with one attached hydrogen (secondary N) is 2. The summed E-state index contributed by atoms with van der Waals surface area (Å²) in [7, 11) is 0. The molecule has 2 amide bonds. The van der Waals surface area contributed by atoms with Gasteiger partial charge in [0.05, 0.1) is 13.2 Å². The van der Waals surface area contributed by atoms with Crippen LogP contribution in [0.2, 0.25) is 0 Å². The standard InChI is InChI=1S/C23H29N3O3/c1-3-29-21-12-10-20(11-13-21)25-23(28)18-6-8-19(9-7-18)24-15-22(27)26-14-4-5-17(2)16-26/h6-13,17,24H,3-5,14-16H2,1-2H3,(H,25,28). The lowest BCUT2D eigenvalue weighted by atomic mass is 10.0. The quantitative estimate of drug-likeness (QED) is 0.743. The molecule has 2 N–H and O–H groups in total. The van der Waals surface area contributed by atoms with Gasteiger partial charge in [0, 0.05) is 30.0 Å². The molecule has 2 aromatic rings. The molecule has 0 bridgehead atoms. The molecule has 1 saturated heterocycles. The van der Waals surface area contributed by atoms with E-state index in [0.717, 1.165) is 30.9 Å². The molecule has 1 aliphatic heterocycles. The van der Waals surface area contributed by atoms with Gasteiger partial charge >= 0.3 is 0 Å². The summed E-state index contributed by atoms with van der Waals surface area (Å²) in [6, 6.07) is 14.4. The molecule has 6 heteroatoms. The highest BCUT2D eigenvalue weighted by molar-refractivity contribution is 6.04. The highest BCUT2D eigenvalue weighted by Crippen LogP contribution is 2.18. The molecular formula is C23H29N3O3. The Bertz CT molecular complexity index is 818. The van der Waals surface area contributed by atoms with Crippen LogP contribution in [0.1, 0.15) is 37.0 Å².